The minimum absolute atomic E-state index is 0.0194. The molecule has 0 bridgehead atoms. The first kappa shape index (κ1) is 29.5. The molecule has 0 saturated heterocycles. The van der Waals surface area contributed by atoms with Crippen molar-refractivity contribution in [1.82, 2.24) is 10.2 Å². The highest BCUT2D eigenvalue weighted by Crippen LogP contribution is 2.32. The van der Waals surface area contributed by atoms with E-state index in [9.17, 15) is 14.0 Å². The second kappa shape index (κ2) is 13.8. The number of hydrogen-bond donors (Lipinski definition) is 3. The van der Waals surface area contributed by atoms with Crippen LogP contribution < -0.4 is 25.4 Å². The number of carbonyl (C=O) groups is 2. The van der Waals surface area contributed by atoms with E-state index in [4.69, 9.17) is 9.47 Å². The summed E-state index contributed by atoms with van der Waals surface area (Å²) >= 11 is 1.37. The minimum atomic E-state index is -0.599. The Hall–Kier alpha value is -3.99. The predicted octanol–water partition coefficient (Wildman–Crippen LogP) is 6.14. The molecule has 4 aromatic rings. The maximum absolute atomic E-state index is 14.7. The molecule has 0 fully saturated rings. The highest BCUT2D eigenvalue weighted by molar-refractivity contribution is 7.20. The van der Waals surface area contributed by atoms with Crippen LogP contribution in [0.15, 0.2) is 60.7 Å². The van der Waals surface area contributed by atoms with Crippen molar-refractivity contribution in [3.63, 3.8) is 0 Å². The Morgan fingerprint density at radius 2 is 1.74 bits per heavy atom. The smallest absolute Gasteiger partial charge is 0.265 e. The standard InChI is InChI=1S/C32H35FN4O4S/c1-3-12-37(13-11-34-4-2)20-21-5-6-22-18-30(42-29(22)16-21)32(39)36-26-19-24(8-9-25(26)33)35-31(38)23-7-10-27-28(17-23)41-15-14-40-27/h5-10,16-19,34H,3-4,11-15,20H2,1-2H3,(H,35,38)(H,36,39). The van der Waals surface area contributed by atoms with Gasteiger partial charge in [0, 0.05) is 35.6 Å². The number of benzene rings is 3. The number of carbonyl (C=O) groups excluding carboxylic acids is 2. The average molecular weight is 591 g/mol. The van der Waals surface area contributed by atoms with Crippen molar-refractivity contribution in [3.8, 4) is 11.5 Å². The topological polar surface area (TPSA) is 91.9 Å². The van der Waals surface area contributed by atoms with E-state index in [0.717, 1.165) is 49.2 Å². The summed E-state index contributed by atoms with van der Waals surface area (Å²) in [5.74, 6) is -0.322. The third kappa shape index (κ3) is 7.25. The van der Waals surface area contributed by atoms with Gasteiger partial charge in [0.1, 0.15) is 19.0 Å². The molecule has 0 saturated carbocycles. The van der Waals surface area contributed by atoms with E-state index < -0.39 is 17.6 Å². The molecule has 3 N–H and O–H groups in total. The molecule has 220 valence electrons. The molecular weight excluding hydrogens is 555 g/mol. The number of anilines is 2. The number of rotatable bonds is 12. The van der Waals surface area contributed by atoms with Crippen LogP contribution in [0.4, 0.5) is 15.8 Å². The molecule has 1 aliphatic rings. The third-order valence-electron chi connectivity index (χ3n) is 6.89. The first-order valence-corrected chi connectivity index (χ1v) is 15.0. The van der Waals surface area contributed by atoms with Crippen LogP contribution in [0.2, 0.25) is 0 Å². The van der Waals surface area contributed by atoms with Crippen LogP contribution in [0, 0.1) is 5.82 Å². The lowest BCUT2D eigenvalue weighted by molar-refractivity contribution is 0.102. The van der Waals surface area contributed by atoms with E-state index in [1.165, 1.54) is 35.1 Å². The highest BCUT2D eigenvalue weighted by atomic mass is 32.1. The Morgan fingerprint density at radius 3 is 2.55 bits per heavy atom. The molecule has 0 unspecified atom stereocenters. The summed E-state index contributed by atoms with van der Waals surface area (Å²) in [6.45, 7) is 9.88. The van der Waals surface area contributed by atoms with Gasteiger partial charge in [0.05, 0.1) is 10.6 Å². The molecule has 0 aliphatic carbocycles. The number of hydrogen-bond acceptors (Lipinski definition) is 7. The number of nitrogens with zero attached hydrogens (tertiary/aromatic N) is 1. The third-order valence-corrected chi connectivity index (χ3v) is 7.98. The number of amides is 2. The van der Waals surface area contributed by atoms with Gasteiger partial charge in [-0.05, 0) is 79.0 Å². The Morgan fingerprint density at radius 1 is 0.905 bits per heavy atom. The summed E-state index contributed by atoms with van der Waals surface area (Å²) in [5, 5.41) is 9.77. The van der Waals surface area contributed by atoms with Gasteiger partial charge < -0.3 is 25.4 Å². The van der Waals surface area contributed by atoms with Crippen molar-refractivity contribution < 1.29 is 23.5 Å². The molecule has 2 amide bonds. The number of nitrogens with one attached hydrogen (secondary N) is 3. The van der Waals surface area contributed by atoms with Crippen LogP contribution >= 0.6 is 11.3 Å². The van der Waals surface area contributed by atoms with Crippen molar-refractivity contribution in [2.45, 2.75) is 26.8 Å². The summed E-state index contributed by atoms with van der Waals surface area (Å²) < 4.78 is 26.7. The molecule has 8 nitrogen and oxygen atoms in total. The van der Waals surface area contributed by atoms with Gasteiger partial charge in [-0.25, -0.2) is 4.39 Å². The Kier molecular flexibility index (Phi) is 9.68. The molecule has 0 atom stereocenters. The van der Waals surface area contributed by atoms with E-state index >= 15 is 0 Å². The van der Waals surface area contributed by atoms with Gasteiger partial charge in [-0.1, -0.05) is 26.0 Å². The van der Waals surface area contributed by atoms with E-state index in [0.29, 0.717) is 40.8 Å². The molecule has 1 aromatic heterocycles. The SMILES string of the molecule is CCCN(CCNCC)Cc1ccc2cc(C(=O)Nc3cc(NC(=O)c4ccc5c(c4)OCCO5)ccc3F)sc2c1. The molecule has 10 heteroatoms. The van der Waals surface area contributed by atoms with Gasteiger partial charge in [-0.3, -0.25) is 14.5 Å². The van der Waals surface area contributed by atoms with E-state index in [1.807, 2.05) is 12.1 Å². The Balaban J connectivity index is 1.25. The van der Waals surface area contributed by atoms with Crippen LogP contribution in [0.3, 0.4) is 0 Å². The first-order valence-electron chi connectivity index (χ1n) is 14.2. The lowest BCUT2D eigenvalue weighted by Gasteiger charge is -2.22. The van der Waals surface area contributed by atoms with Gasteiger partial charge in [-0.2, -0.15) is 0 Å². The van der Waals surface area contributed by atoms with E-state index in [2.05, 4.69) is 46.8 Å². The van der Waals surface area contributed by atoms with Gasteiger partial charge in [0.25, 0.3) is 11.8 Å². The van der Waals surface area contributed by atoms with Crippen LogP contribution in [0.5, 0.6) is 11.5 Å². The van der Waals surface area contributed by atoms with Crippen LogP contribution in [-0.4, -0.2) is 56.1 Å². The zero-order valence-electron chi connectivity index (χ0n) is 23.8. The molecule has 0 spiro atoms. The second-order valence-corrected chi connectivity index (χ2v) is 11.2. The minimum Gasteiger partial charge on any atom is -0.486 e. The van der Waals surface area contributed by atoms with Crippen molar-refractivity contribution in [3.05, 3.63) is 82.5 Å². The quantitative estimate of drug-likeness (QED) is 0.172. The van der Waals surface area contributed by atoms with Crippen LogP contribution in [0.1, 0.15) is 45.9 Å². The highest BCUT2D eigenvalue weighted by Gasteiger charge is 2.17. The molecule has 2 heterocycles. The first-order chi connectivity index (χ1) is 20.4. The summed E-state index contributed by atoms with van der Waals surface area (Å²) in [7, 11) is 0. The van der Waals surface area contributed by atoms with Crippen LogP contribution in [0.25, 0.3) is 10.1 Å². The predicted molar refractivity (Wildman–Crippen MR) is 166 cm³/mol. The maximum Gasteiger partial charge on any atom is 0.265 e. The number of fused-ring (bicyclic) bond motifs is 2. The Labute approximate surface area is 248 Å². The van der Waals surface area contributed by atoms with Crippen molar-refractivity contribution in [2.24, 2.45) is 0 Å². The average Bonchev–Trinajstić information content (AvgIpc) is 3.42. The molecule has 1 aliphatic heterocycles. The number of thiophene rings is 1. The number of halogens is 1. The van der Waals surface area contributed by atoms with Gasteiger partial charge in [-0.15, -0.1) is 11.3 Å². The Bertz CT molecular complexity index is 1570. The zero-order chi connectivity index (χ0) is 29.5. The monoisotopic (exact) mass is 590 g/mol. The second-order valence-electron chi connectivity index (χ2n) is 10.1. The van der Waals surface area contributed by atoms with Gasteiger partial charge in [0.2, 0.25) is 0 Å². The van der Waals surface area contributed by atoms with E-state index in [-0.39, 0.29) is 5.69 Å². The van der Waals surface area contributed by atoms with Crippen LogP contribution in [-0.2, 0) is 6.54 Å². The van der Waals surface area contributed by atoms with Crippen molar-refractivity contribution in [1.29, 1.82) is 0 Å². The molecule has 0 radical (unpaired) electrons. The van der Waals surface area contributed by atoms with Crippen molar-refractivity contribution >= 4 is 44.6 Å². The fraction of sp³-hybridized carbons (Fsp3) is 0.312. The number of ether oxygens (including phenoxy) is 2. The lowest BCUT2D eigenvalue weighted by Crippen LogP contribution is -2.32. The maximum atomic E-state index is 14.7. The summed E-state index contributed by atoms with van der Waals surface area (Å²) in [4.78, 5) is 28.9. The summed E-state index contributed by atoms with van der Waals surface area (Å²) in [6.07, 6.45) is 1.08. The molecule has 5 rings (SSSR count). The fourth-order valence-electron chi connectivity index (χ4n) is 4.81. The summed E-state index contributed by atoms with van der Waals surface area (Å²) in [5.41, 5.74) is 1.88. The fourth-order valence-corrected chi connectivity index (χ4v) is 5.84. The summed E-state index contributed by atoms with van der Waals surface area (Å²) in [6, 6.07) is 17.1. The van der Waals surface area contributed by atoms with Gasteiger partial charge >= 0.3 is 0 Å². The van der Waals surface area contributed by atoms with Crippen molar-refractivity contribution in [2.75, 3.05) is 50.0 Å². The molecule has 42 heavy (non-hydrogen) atoms. The lowest BCUT2D eigenvalue weighted by atomic mass is 10.1. The largest absolute Gasteiger partial charge is 0.486 e. The molecular formula is C32H35FN4O4S. The zero-order valence-corrected chi connectivity index (χ0v) is 24.6. The number of likely N-dealkylation sites (N-methyl/N-ethyl adjacent to an activating group) is 1. The molecule has 3 aromatic carbocycles. The normalized spacial score (nSPS) is 12.5. The van der Waals surface area contributed by atoms with E-state index in [1.54, 1.807) is 18.2 Å². The van der Waals surface area contributed by atoms with Gasteiger partial charge in [0.15, 0.2) is 11.5 Å².